The minimum Gasteiger partial charge on any atom is -0.384 e. The number of nitrogens with two attached hydrogens (primary N) is 1. The van der Waals surface area contributed by atoms with Crippen LogP contribution in [0.5, 0.6) is 0 Å². The van der Waals surface area contributed by atoms with E-state index in [4.69, 9.17) is 10.5 Å². The van der Waals surface area contributed by atoms with Crippen molar-refractivity contribution in [2.45, 2.75) is 19.3 Å². The van der Waals surface area contributed by atoms with E-state index in [-0.39, 0.29) is 17.7 Å². The highest BCUT2D eigenvalue weighted by Gasteiger charge is 2.26. The Labute approximate surface area is 96.6 Å². The van der Waals surface area contributed by atoms with E-state index >= 15 is 0 Å². The van der Waals surface area contributed by atoms with Crippen LogP contribution in [0, 0.1) is 5.92 Å². The number of ether oxygens (including phenoxy) is 1. The van der Waals surface area contributed by atoms with Crippen molar-refractivity contribution >= 4 is 5.91 Å². The summed E-state index contributed by atoms with van der Waals surface area (Å²) in [5.41, 5.74) is 6.53. The Hall–Kier alpha value is -1.35. The van der Waals surface area contributed by atoms with Gasteiger partial charge in [-0.05, 0) is 12.0 Å². The van der Waals surface area contributed by atoms with Gasteiger partial charge in [0.25, 0.3) is 0 Å². The minimum absolute atomic E-state index is 0.0497. The first kappa shape index (κ1) is 12.7. The van der Waals surface area contributed by atoms with Crippen LogP contribution >= 0.6 is 0 Å². The van der Waals surface area contributed by atoms with E-state index in [0.717, 1.165) is 12.0 Å². The average Bonchev–Trinajstić information content (AvgIpc) is 2.29. The van der Waals surface area contributed by atoms with Crippen molar-refractivity contribution in [2.24, 2.45) is 11.7 Å². The second-order valence-corrected chi connectivity index (χ2v) is 3.89. The highest BCUT2D eigenvalue weighted by Crippen LogP contribution is 2.27. The van der Waals surface area contributed by atoms with Gasteiger partial charge in [-0.25, -0.2) is 0 Å². The largest absolute Gasteiger partial charge is 0.384 e. The second kappa shape index (κ2) is 6.28. The van der Waals surface area contributed by atoms with Crippen molar-refractivity contribution < 1.29 is 9.53 Å². The van der Waals surface area contributed by atoms with Gasteiger partial charge in [-0.3, -0.25) is 4.79 Å². The van der Waals surface area contributed by atoms with Gasteiger partial charge in [-0.2, -0.15) is 0 Å². The summed E-state index contributed by atoms with van der Waals surface area (Å²) in [6.07, 6.45) is 0.734. The van der Waals surface area contributed by atoms with Crippen LogP contribution < -0.4 is 5.73 Å². The molecule has 2 N–H and O–H groups in total. The molecule has 1 aromatic carbocycles. The van der Waals surface area contributed by atoms with E-state index in [1.54, 1.807) is 7.11 Å². The lowest BCUT2D eigenvalue weighted by Gasteiger charge is -2.23. The van der Waals surface area contributed by atoms with E-state index in [0.29, 0.717) is 6.61 Å². The molecule has 0 heterocycles. The SMILES string of the molecule is CCC(C(N)=O)[C@H](COC)c1ccccc1. The number of carbonyl (C=O) groups is 1. The third-order valence-electron chi connectivity index (χ3n) is 2.86. The van der Waals surface area contributed by atoms with Crippen LogP contribution in [-0.2, 0) is 9.53 Å². The lowest BCUT2D eigenvalue weighted by Crippen LogP contribution is -2.30. The third kappa shape index (κ3) is 3.07. The van der Waals surface area contributed by atoms with Crippen LogP contribution in [0.15, 0.2) is 30.3 Å². The quantitative estimate of drug-likeness (QED) is 0.798. The summed E-state index contributed by atoms with van der Waals surface area (Å²) >= 11 is 0. The van der Waals surface area contributed by atoms with Gasteiger partial charge in [-0.15, -0.1) is 0 Å². The number of primary amides is 1. The molecule has 3 heteroatoms. The van der Waals surface area contributed by atoms with Crippen molar-refractivity contribution in [2.75, 3.05) is 13.7 Å². The van der Waals surface area contributed by atoms with E-state index < -0.39 is 0 Å². The normalized spacial score (nSPS) is 14.4. The van der Waals surface area contributed by atoms with Crippen LogP contribution in [0.1, 0.15) is 24.8 Å². The molecule has 0 saturated carbocycles. The number of rotatable bonds is 6. The zero-order valence-electron chi connectivity index (χ0n) is 9.85. The highest BCUT2D eigenvalue weighted by molar-refractivity contribution is 5.77. The highest BCUT2D eigenvalue weighted by atomic mass is 16.5. The third-order valence-corrected chi connectivity index (χ3v) is 2.86. The van der Waals surface area contributed by atoms with Crippen molar-refractivity contribution in [1.82, 2.24) is 0 Å². The molecule has 1 unspecified atom stereocenters. The van der Waals surface area contributed by atoms with E-state index in [2.05, 4.69) is 0 Å². The summed E-state index contributed by atoms with van der Waals surface area (Å²) < 4.78 is 5.18. The molecule has 2 atom stereocenters. The molecule has 3 nitrogen and oxygen atoms in total. The zero-order chi connectivity index (χ0) is 12.0. The Morgan fingerprint density at radius 3 is 2.44 bits per heavy atom. The molecule has 0 aliphatic carbocycles. The molecule has 1 rings (SSSR count). The molecule has 0 aliphatic rings. The van der Waals surface area contributed by atoms with Crippen LogP contribution in [0.4, 0.5) is 0 Å². The van der Waals surface area contributed by atoms with Gasteiger partial charge < -0.3 is 10.5 Å². The van der Waals surface area contributed by atoms with Gasteiger partial charge in [0.15, 0.2) is 0 Å². The molecule has 1 aromatic rings. The Morgan fingerprint density at radius 1 is 1.38 bits per heavy atom. The number of amides is 1. The number of methoxy groups -OCH3 is 1. The molecule has 0 aliphatic heterocycles. The molecule has 0 fully saturated rings. The van der Waals surface area contributed by atoms with Gasteiger partial charge in [0.1, 0.15) is 0 Å². The van der Waals surface area contributed by atoms with Gasteiger partial charge in [0.05, 0.1) is 6.61 Å². The fourth-order valence-electron chi connectivity index (χ4n) is 2.01. The molecule has 0 bridgehead atoms. The Bertz CT molecular complexity index is 324. The maximum absolute atomic E-state index is 11.4. The minimum atomic E-state index is -0.256. The fraction of sp³-hybridized carbons (Fsp3) is 0.462. The number of hydrogen-bond donors (Lipinski definition) is 1. The maximum atomic E-state index is 11.4. The maximum Gasteiger partial charge on any atom is 0.221 e. The zero-order valence-corrected chi connectivity index (χ0v) is 9.85. The van der Waals surface area contributed by atoms with Crippen molar-refractivity contribution in [1.29, 1.82) is 0 Å². The molecule has 0 saturated heterocycles. The summed E-state index contributed by atoms with van der Waals surface area (Å²) in [4.78, 5) is 11.4. The first-order chi connectivity index (χ1) is 7.70. The summed E-state index contributed by atoms with van der Waals surface area (Å²) in [6, 6.07) is 9.90. The number of benzene rings is 1. The predicted molar refractivity (Wildman–Crippen MR) is 64.0 cm³/mol. The van der Waals surface area contributed by atoms with E-state index in [1.807, 2.05) is 37.3 Å². The first-order valence-electron chi connectivity index (χ1n) is 5.53. The smallest absolute Gasteiger partial charge is 0.221 e. The topological polar surface area (TPSA) is 52.3 Å². The Balaban J connectivity index is 2.94. The number of hydrogen-bond acceptors (Lipinski definition) is 2. The first-order valence-corrected chi connectivity index (χ1v) is 5.53. The predicted octanol–water partition coefficient (Wildman–Crippen LogP) is 1.93. The molecule has 88 valence electrons. The van der Waals surface area contributed by atoms with Crippen LogP contribution in [0.3, 0.4) is 0 Å². The molecule has 0 aromatic heterocycles. The lowest BCUT2D eigenvalue weighted by molar-refractivity contribution is -0.123. The van der Waals surface area contributed by atoms with Gasteiger partial charge >= 0.3 is 0 Å². The Kier molecular flexibility index (Phi) is 4.99. The molecule has 16 heavy (non-hydrogen) atoms. The summed E-state index contributed by atoms with van der Waals surface area (Å²) in [5.74, 6) is -0.371. The van der Waals surface area contributed by atoms with Crippen LogP contribution in [0.25, 0.3) is 0 Å². The summed E-state index contributed by atoms with van der Waals surface area (Å²) in [7, 11) is 1.64. The van der Waals surface area contributed by atoms with Gasteiger partial charge in [0.2, 0.25) is 5.91 Å². The van der Waals surface area contributed by atoms with Crippen molar-refractivity contribution in [3.05, 3.63) is 35.9 Å². The summed E-state index contributed by atoms with van der Waals surface area (Å²) in [5, 5.41) is 0. The van der Waals surface area contributed by atoms with Gasteiger partial charge in [0, 0.05) is 18.9 Å². The summed E-state index contributed by atoms with van der Waals surface area (Å²) in [6.45, 7) is 2.49. The molecule has 1 amide bonds. The monoisotopic (exact) mass is 221 g/mol. The second-order valence-electron chi connectivity index (χ2n) is 3.89. The standard InChI is InChI=1S/C13H19NO2/c1-3-11(13(14)15)12(9-16-2)10-7-5-4-6-8-10/h4-8,11-12H,3,9H2,1-2H3,(H2,14,15)/t11?,12-/m1/s1. The Morgan fingerprint density at radius 2 is 2.00 bits per heavy atom. The van der Waals surface area contributed by atoms with Crippen molar-refractivity contribution in [3.63, 3.8) is 0 Å². The van der Waals surface area contributed by atoms with Crippen LogP contribution in [-0.4, -0.2) is 19.6 Å². The molecule has 0 spiro atoms. The lowest BCUT2D eigenvalue weighted by atomic mass is 9.84. The number of carbonyl (C=O) groups excluding carboxylic acids is 1. The average molecular weight is 221 g/mol. The van der Waals surface area contributed by atoms with E-state index in [1.165, 1.54) is 0 Å². The van der Waals surface area contributed by atoms with E-state index in [9.17, 15) is 4.79 Å². The molecular formula is C13H19NO2. The fourth-order valence-corrected chi connectivity index (χ4v) is 2.01. The van der Waals surface area contributed by atoms with Crippen molar-refractivity contribution in [3.8, 4) is 0 Å². The van der Waals surface area contributed by atoms with Gasteiger partial charge in [-0.1, -0.05) is 37.3 Å². The molecule has 0 radical (unpaired) electrons. The van der Waals surface area contributed by atoms with Crippen LogP contribution in [0.2, 0.25) is 0 Å². The molecular weight excluding hydrogens is 202 g/mol.